The summed E-state index contributed by atoms with van der Waals surface area (Å²) in [5, 5.41) is 16.9. The fraction of sp³-hybridized carbons (Fsp3) is 0.238. The van der Waals surface area contributed by atoms with Gasteiger partial charge in [-0.25, -0.2) is 4.68 Å². The lowest BCUT2D eigenvalue weighted by molar-refractivity contribution is 0.0938. The number of nitrogens with one attached hydrogen (secondary N) is 1. The Morgan fingerprint density at radius 2 is 1.90 bits per heavy atom. The zero-order chi connectivity index (χ0) is 20.5. The second-order valence-electron chi connectivity index (χ2n) is 6.58. The summed E-state index contributed by atoms with van der Waals surface area (Å²) < 4.78 is 12.6. The number of fused-ring (bicyclic) bond motifs is 3. The second-order valence-corrected chi connectivity index (χ2v) is 7.02. The quantitative estimate of drug-likeness (QED) is 0.507. The van der Waals surface area contributed by atoms with Crippen molar-refractivity contribution in [2.45, 2.75) is 6.42 Å². The summed E-state index contributed by atoms with van der Waals surface area (Å²) in [6, 6.07) is 11.1. The molecule has 150 valence electrons. The van der Waals surface area contributed by atoms with Gasteiger partial charge in [0.2, 0.25) is 0 Å². The largest absolute Gasteiger partial charge is 0.493 e. The van der Waals surface area contributed by atoms with Gasteiger partial charge in [0.1, 0.15) is 0 Å². The van der Waals surface area contributed by atoms with Crippen LogP contribution in [0.1, 0.15) is 21.6 Å². The first kappa shape index (κ1) is 19.3. The van der Waals surface area contributed by atoms with E-state index in [0.717, 1.165) is 28.1 Å². The Labute approximate surface area is 172 Å². The number of aliphatic hydroxyl groups excluding tert-OH is 1. The molecule has 0 saturated carbocycles. The van der Waals surface area contributed by atoms with Gasteiger partial charge in [-0.15, -0.1) is 0 Å². The zero-order valence-corrected chi connectivity index (χ0v) is 16.8. The summed E-state index contributed by atoms with van der Waals surface area (Å²) in [5.74, 6) is 0.915. The van der Waals surface area contributed by atoms with Crippen LogP contribution < -0.4 is 14.8 Å². The molecular weight excluding hydrogens is 394 g/mol. The van der Waals surface area contributed by atoms with Gasteiger partial charge < -0.3 is 19.9 Å². The summed E-state index contributed by atoms with van der Waals surface area (Å²) >= 11 is 6.04. The molecule has 1 aromatic heterocycles. The van der Waals surface area contributed by atoms with Crippen molar-refractivity contribution >= 4 is 17.5 Å². The topological polar surface area (TPSA) is 85.6 Å². The van der Waals surface area contributed by atoms with E-state index in [1.165, 1.54) is 0 Å². The van der Waals surface area contributed by atoms with Crippen LogP contribution in [0.15, 0.2) is 36.4 Å². The maximum absolute atomic E-state index is 12.7. The highest BCUT2D eigenvalue weighted by molar-refractivity contribution is 6.30. The summed E-state index contributed by atoms with van der Waals surface area (Å²) in [7, 11) is 3.18. The Kier molecular flexibility index (Phi) is 5.17. The number of nitrogens with zero attached hydrogens (tertiary/aromatic N) is 2. The maximum atomic E-state index is 12.7. The standard InChI is InChI=1S/C21H20ClN3O4/c1-28-17-10-12-9-16-19(21(27)23-7-8-26)24-25(14-5-3-13(22)4-6-14)20(16)15(12)11-18(17)29-2/h3-6,10-11,26H,7-9H2,1-2H3,(H,23,27). The first-order chi connectivity index (χ1) is 14.1. The third-order valence-corrected chi connectivity index (χ3v) is 5.15. The maximum Gasteiger partial charge on any atom is 0.272 e. The number of methoxy groups -OCH3 is 2. The molecule has 0 atom stereocenters. The van der Waals surface area contributed by atoms with Gasteiger partial charge in [0.15, 0.2) is 17.2 Å². The van der Waals surface area contributed by atoms with Crippen LogP contribution in [0.25, 0.3) is 16.9 Å². The number of carbonyl (C=O) groups excluding carboxylic acids is 1. The van der Waals surface area contributed by atoms with Crippen LogP contribution in [-0.4, -0.2) is 48.2 Å². The molecule has 1 heterocycles. The molecule has 2 aromatic carbocycles. The van der Waals surface area contributed by atoms with E-state index >= 15 is 0 Å². The van der Waals surface area contributed by atoms with E-state index in [9.17, 15) is 4.79 Å². The van der Waals surface area contributed by atoms with Crippen molar-refractivity contribution in [3.05, 3.63) is 58.2 Å². The van der Waals surface area contributed by atoms with Gasteiger partial charge in [0.25, 0.3) is 5.91 Å². The van der Waals surface area contributed by atoms with Gasteiger partial charge in [-0.05, 0) is 42.0 Å². The number of rotatable bonds is 6. The SMILES string of the molecule is COc1cc2c(cc1OC)-c1c(c(C(=O)NCCO)nn1-c1ccc(Cl)cc1)C2. The fourth-order valence-corrected chi connectivity index (χ4v) is 3.70. The van der Waals surface area contributed by atoms with Crippen LogP contribution in [0.3, 0.4) is 0 Å². The molecule has 4 rings (SSSR count). The van der Waals surface area contributed by atoms with E-state index in [0.29, 0.717) is 28.6 Å². The summed E-state index contributed by atoms with van der Waals surface area (Å²) in [6.45, 7) is 0.0243. The minimum atomic E-state index is -0.324. The average molecular weight is 414 g/mol. The number of hydrogen-bond donors (Lipinski definition) is 2. The lowest BCUT2D eigenvalue weighted by Crippen LogP contribution is -2.27. The zero-order valence-electron chi connectivity index (χ0n) is 16.0. The second kappa shape index (κ2) is 7.77. The molecule has 0 aliphatic heterocycles. The average Bonchev–Trinajstić information content (AvgIpc) is 3.28. The van der Waals surface area contributed by atoms with E-state index in [1.54, 1.807) is 31.0 Å². The third-order valence-electron chi connectivity index (χ3n) is 4.90. The molecule has 8 heteroatoms. The number of amides is 1. The number of halogens is 1. The highest BCUT2D eigenvalue weighted by Gasteiger charge is 2.32. The van der Waals surface area contributed by atoms with Crippen molar-refractivity contribution in [1.29, 1.82) is 0 Å². The monoisotopic (exact) mass is 413 g/mol. The smallest absolute Gasteiger partial charge is 0.272 e. The number of hydrogen-bond acceptors (Lipinski definition) is 5. The van der Waals surface area contributed by atoms with Gasteiger partial charge in [-0.2, -0.15) is 5.10 Å². The molecule has 0 saturated heterocycles. The van der Waals surface area contributed by atoms with Crippen LogP contribution in [-0.2, 0) is 6.42 Å². The number of benzene rings is 2. The minimum absolute atomic E-state index is 0.138. The number of carbonyl (C=O) groups is 1. The summed E-state index contributed by atoms with van der Waals surface area (Å²) in [5.41, 5.74) is 4.72. The molecule has 0 bridgehead atoms. The van der Waals surface area contributed by atoms with Crippen molar-refractivity contribution in [3.63, 3.8) is 0 Å². The van der Waals surface area contributed by atoms with Gasteiger partial charge in [0, 0.05) is 29.1 Å². The van der Waals surface area contributed by atoms with Crippen LogP contribution in [0.2, 0.25) is 5.02 Å². The third kappa shape index (κ3) is 3.32. The Balaban J connectivity index is 1.90. The van der Waals surface area contributed by atoms with Gasteiger partial charge in [-0.1, -0.05) is 11.6 Å². The van der Waals surface area contributed by atoms with E-state index in [1.807, 2.05) is 24.3 Å². The molecule has 1 aliphatic carbocycles. The molecule has 3 aromatic rings. The van der Waals surface area contributed by atoms with Gasteiger partial charge >= 0.3 is 0 Å². The molecule has 1 amide bonds. The molecular formula is C21H20ClN3O4. The van der Waals surface area contributed by atoms with Crippen LogP contribution >= 0.6 is 11.6 Å². The fourth-order valence-electron chi connectivity index (χ4n) is 3.58. The lowest BCUT2D eigenvalue weighted by atomic mass is 10.1. The minimum Gasteiger partial charge on any atom is -0.493 e. The van der Waals surface area contributed by atoms with Crippen molar-refractivity contribution in [3.8, 4) is 28.4 Å². The first-order valence-corrected chi connectivity index (χ1v) is 9.47. The van der Waals surface area contributed by atoms with Crippen LogP contribution in [0.5, 0.6) is 11.5 Å². The highest BCUT2D eigenvalue weighted by Crippen LogP contribution is 2.44. The van der Waals surface area contributed by atoms with E-state index in [4.69, 9.17) is 26.2 Å². The van der Waals surface area contributed by atoms with Crippen LogP contribution in [0.4, 0.5) is 0 Å². The van der Waals surface area contributed by atoms with Gasteiger partial charge in [0.05, 0.1) is 32.2 Å². The van der Waals surface area contributed by atoms with Gasteiger partial charge in [-0.3, -0.25) is 4.79 Å². The van der Waals surface area contributed by atoms with E-state index in [2.05, 4.69) is 10.4 Å². The predicted octanol–water partition coefficient (Wildman–Crippen LogP) is 2.84. The normalized spacial score (nSPS) is 11.7. The van der Waals surface area contributed by atoms with Crippen molar-refractivity contribution < 1.29 is 19.4 Å². The molecule has 7 nitrogen and oxygen atoms in total. The predicted molar refractivity (Wildman–Crippen MR) is 109 cm³/mol. The molecule has 0 spiro atoms. The highest BCUT2D eigenvalue weighted by atomic mass is 35.5. The summed E-state index contributed by atoms with van der Waals surface area (Å²) in [6.07, 6.45) is 0.542. The molecule has 1 aliphatic rings. The molecule has 0 unspecified atom stereocenters. The van der Waals surface area contributed by atoms with Crippen molar-refractivity contribution in [1.82, 2.24) is 15.1 Å². The van der Waals surface area contributed by atoms with E-state index < -0.39 is 0 Å². The molecule has 29 heavy (non-hydrogen) atoms. The molecule has 0 radical (unpaired) electrons. The Bertz CT molecular complexity index is 1080. The van der Waals surface area contributed by atoms with Crippen LogP contribution in [0, 0.1) is 0 Å². The molecule has 0 fully saturated rings. The van der Waals surface area contributed by atoms with E-state index in [-0.39, 0.29) is 19.1 Å². The Hall–Kier alpha value is -3.03. The Morgan fingerprint density at radius 3 is 2.55 bits per heavy atom. The summed E-state index contributed by atoms with van der Waals surface area (Å²) in [4.78, 5) is 12.7. The number of aliphatic hydroxyl groups is 1. The number of ether oxygens (including phenoxy) is 2. The Morgan fingerprint density at radius 1 is 1.21 bits per heavy atom. The lowest BCUT2D eigenvalue weighted by Gasteiger charge is -2.12. The first-order valence-electron chi connectivity index (χ1n) is 9.09. The number of aromatic nitrogens is 2. The van der Waals surface area contributed by atoms with Crippen molar-refractivity contribution in [2.75, 3.05) is 27.4 Å². The van der Waals surface area contributed by atoms with Crippen molar-refractivity contribution in [2.24, 2.45) is 0 Å². The molecule has 2 N–H and O–H groups in total.